The van der Waals surface area contributed by atoms with Crippen LogP contribution < -0.4 is 5.32 Å². The second kappa shape index (κ2) is 7.56. The first-order valence-electron chi connectivity index (χ1n) is 7.35. The van der Waals surface area contributed by atoms with Crippen molar-refractivity contribution in [2.45, 2.75) is 20.4 Å². The van der Waals surface area contributed by atoms with Crippen LogP contribution >= 0.6 is 0 Å². The first kappa shape index (κ1) is 18.1. The van der Waals surface area contributed by atoms with E-state index in [0.717, 1.165) is 30.0 Å². The van der Waals surface area contributed by atoms with Crippen molar-refractivity contribution in [2.75, 3.05) is 19.5 Å². The van der Waals surface area contributed by atoms with E-state index in [2.05, 4.69) is 25.1 Å². The highest BCUT2D eigenvalue weighted by Gasteiger charge is 2.27. The number of aryl methyl sites for hydroxylation is 2. The number of nitrogens with one attached hydrogen (secondary N) is 1. The standard InChI is InChI=1S/C16H18N4O5/c1-9-6-5-7-10(2)12(9)17-11(21)8-20-14(16(23)25-4)13(18-19-20)15(22)24-3/h5-7H,8H2,1-4H3,(H,17,21). The molecular weight excluding hydrogens is 328 g/mol. The van der Waals surface area contributed by atoms with Crippen LogP contribution in [0.25, 0.3) is 0 Å². The number of benzene rings is 1. The highest BCUT2D eigenvalue weighted by molar-refractivity contribution is 6.01. The number of anilines is 1. The molecule has 9 nitrogen and oxygen atoms in total. The van der Waals surface area contributed by atoms with Gasteiger partial charge in [-0.25, -0.2) is 14.3 Å². The maximum Gasteiger partial charge on any atom is 0.361 e. The van der Waals surface area contributed by atoms with Gasteiger partial charge in [0.1, 0.15) is 6.54 Å². The molecule has 0 saturated heterocycles. The number of methoxy groups -OCH3 is 2. The Balaban J connectivity index is 2.28. The largest absolute Gasteiger partial charge is 0.464 e. The normalized spacial score (nSPS) is 10.2. The lowest BCUT2D eigenvalue weighted by atomic mass is 10.1. The summed E-state index contributed by atoms with van der Waals surface area (Å²) in [4.78, 5) is 35.9. The van der Waals surface area contributed by atoms with Gasteiger partial charge in [-0.3, -0.25) is 4.79 Å². The van der Waals surface area contributed by atoms with Gasteiger partial charge in [-0.2, -0.15) is 0 Å². The third-order valence-corrected chi connectivity index (χ3v) is 3.53. The minimum absolute atomic E-state index is 0.244. The van der Waals surface area contributed by atoms with Gasteiger partial charge in [0.05, 0.1) is 14.2 Å². The zero-order chi connectivity index (χ0) is 18.6. The van der Waals surface area contributed by atoms with E-state index >= 15 is 0 Å². The minimum Gasteiger partial charge on any atom is -0.464 e. The molecular formula is C16H18N4O5. The van der Waals surface area contributed by atoms with Crippen LogP contribution in [0.4, 0.5) is 5.69 Å². The molecule has 1 N–H and O–H groups in total. The fraction of sp³-hybridized carbons (Fsp3) is 0.312. The SMILES string of the molecule is COC(=O)c1nnn(CC(=O)Nc2c(C)cccc2C)c1C(=O)OC. The number of carbonyl (C=O) groups excluding carboxylic acids is 3. The average molecular weight is 346 g/mol. The monoisotopic (exact) mass is 346 g/mol. The van der Waals surface area contributed by atoms with Crippen molar-refractivity contribution in [1.82, 2.24) is 15.0 Å². The van der Waals surface area contributed by atoms with Crippen molar-refractivity contribution in [3.63, 3.8) is 0 Å². The van der Waals surface area contributed by atoms with Crippen LogP contribution in [0.1, 0.15) is 32.1 Å². The predicted octanol–water partition coefficient (Wildman–Crippen LogP) is 1.11. The molecule has 2 aromatic rings. The van der Waals surface area contributed by atoms with Crippen LogP contribution in [0, 0.1) is 13.8 Å². The molecule has 25 heavy (non-hydrogen) atoms. The van der Waals surface area contributed by atoms with E-state index in [1.54, 1.807) is 0 Å². The van der Waals surface area contributed by atoms with Gasteiger partial charge in [0, 0.05) is 5.69 Å². The van der Waals surface area contributed by atoms with Crippen molar-refractivity contribution < 1.29 is 23.9 Å². The number of hydrogen-bond acceptors (Lipinski definition) is 7. The van der Waals surface area contributed by atoms with Gasteiger partial charge in [0.25, 0.3) is 0 Å². The van der Waals surface area contributed by atoms with E-state index in [0.29, 0.717) is 5.69 Å². The Bertz CT molecular complexity index is 808. The summed E-state index contributed by atoms with van der Waals surface area (Å²) in [5.41, 5.74) is 1.92. The number of carbonyl (C=O) groups is 3. The van der Waals surface area contributed by atoms with Gasteiger partial charge in [-0.1, -0.05) is 23.4 Å². The molecule has 0 aliphatic rings. The highest BCUT2D eigenvalue weighted by atomic mass is 16.5. The Morgan fingerprint density at radius 2 is 1.68 bits per heavy atom. The number of amides is 1. The number of nitrogens with zero attached hydrogens (tertiary/aromatic N) is 3. The summed E-state index contributed by atoms with van der Waals surface area (Å²) in [6, 6.07) is 5.62. The molecule has 1 heterocycles. The lowest BCUT2D eigenvalue weighted by molar-refractivity contribution is -0.117. The molecule has 0 atom stereocenters. The summed E-state index contributed by atoms with van der Waals surface area (Å²) in [5.74, 6) is -2.11. The fourth-order valence-corrected chi connectivity index (χ4v) is 2.28. The zero-order valence-corrected chi connectivity index (χ0v) is 14.3. The number of esters is 2. The van der Waals surface area contributed by atoms with Crippen molar-refractivity contribution in [3.05, 3.63) is 40.7 Å². The topological polar surface area (TPSA) is 112 Å². The Kier molecular flexibility index (Phi) is 5.48. The molecule has 0 unspecified atom stereocenters. The van der Waals surface area contributed by atoms with Crippen molar-refractivity contribution in [3.8, 4) is 0 Å². The quantitative estimate of drug-likeness (QED) is 0.807. The Morgan fingerprint density at radius 3 is 2.24 bits per heavy atom. The molecule has 1 aromatic heterocycles. The molecule has 0 bridgehead atoms. The summed E-state index contributed by atoms with van der Waals surface area (Å²) in [6.45, 7) is 3.42. The second-order valence-electron chi connectivity index (χ2n) is 5.24. The maximum atomic E-state index is 12.3. The highest BCUT2D eigenvalue weighted by Crippen LogP contribution is 2.19. The lowest BCUT2D eigenvalue weighted by Crippen LogP contribution is -2.24. The van der Waals surface area contributed by atoms with E-state index in [4.69, 9.17) is 0 Å². The van der Waals surface area contributed by atoms with Crippen LogP contribution in [0.2, 0.25) is 0 Å². The molecule has 1 aromatic carbocycles. The Morgan fingerprint density at radius 1 is 1.08 bits per heavy atom. The number of hydrogen-bond donors (Lipinski definition) is 1. The van der Waals surface area contributed by atoms with Gasteiger partial charge in [-0.15, -0.1) is 5.10 Å². The molecule has 2 rings (SSSR count). The van der Waals surface area contributed by atoms with Crippen LogP contribution in [-0.2, 0) is 20.8 Å². The summed E-state index contributed by atoms with van der Waals surface area (Å²) in [6.07, 6.45) is 0. The summed E-state index contributed by atoms with van der Waals surface area (Å²) >= 11 is 0. The molecule has 0 fully saturated rings. The van der Waals surface area contributed by atoms with Crippen LogP contribution in [0.15, 0.2) is 18.2 Å². The molecule has 0 aliphatic heterocycles. The molecule has 0 radical (unpaired) electrons. The molecule has 132 valence electrons. The molecule has 1 amide bonds. The van der Waals surface area contributed by atoms with Gasteiger partial charge in [0.2, 0.25) is 11.6 Å². The van der Waals surface area contributed by atoms with Crippen molar-refractivity contribution in [1.29, 1.82) is 0 Å². The van der Waals surface area contributed by atoms with Crippen LogP contribution in [-0.4, -0.2) is 47.1 Å². The minimum atomic E-state index is -0.846. The summed E-state index contributed by atoms with van der Waals surface area (Å²) < 4.78 is 10.2. The van der Waals surface area contributed by atoms with Gasteiger partial charge in [-0.05, 0) is 25.0 Å². The molecule has 0 spiro atoms. The van der Waals surface area contributed by atoms with Gasteiger partial charge in [0.15, 0.2) is 5.69 Å². The predicted molar refractivity (Wildman–Crippen MR) is 87.2 cm³/mol. The van der Waals surface area contributed by atoms with Gasteiger partial charge < -0.3 is 14.8 Å². The number of ether oxygens (including phenoxy) is 2. The second-order valence-corrected chi connectivity index (χ2v) is 5.24. The summed E-state index contributed by atoms with van der Waals surface area (Å²) in [7, 11) is 2.30. The summed E-state index contributed by atoms with van der Waals surface area (Å²) in [5, 5.41) is 10.1. The third-order valence-electron chi connectivity index (χ3n) is 3.53. The van der Waals surface area contributed by atoms with Gasteiger partial charge >= 0.3 is 11.9 Å². The van der Waals surface area contributed by atoms with Crippen LogP contribution in [0.3, 0.4) is 0 Å². The van der Waals surface area contributed by atoms with Crippen molar-refractivity contribution in [2.24, 2.45) is 0 Å². The fourth-order valence-electron chi connectivity index (χ4n) is 2.28. The number of aromatic nitrogens is 3. The van der Waals surface area contributed by atoms with E-state index < -0.39 is 17.8 Å². The third kappa shape index (κ3) is 3.82. The first-order valence-corrected chi connectivity index (χ1v) is 7.35. The van der Waals surface area contributed by atoms with E-state index in [1.165, 1.54) is 0 Å². The number of para-hydroxylation sites is 1. The smallest absolute Gasteiger partial charge is 0.361 e. The molecule has 9 heteroatoms. The molecule has 0 aliphatic carbocycles. The number of rotatable bonds is 5. The molecule has 0 saturated carbocycles. The van der Waals surface area contributed by atoms with E-state index in [9.17, 15) is 14.4 Å². The first-order chi connectivity index (χ1) is 11.9. The van der Waals surface area contributed by atoms with Crippen molar-refractivity contribution >= 4 is 23.5 Å². The van der Waals surface area contributed by atoms with E-state index in [-0.39, 0.29) is 17.9 Å². The lowest BCUT2D eigenvalue weighted by Gasteiger charge is -2.12. The maximum absolute atomic E-state index is 12.3. The Hall–Kier alpha value is -3.23. The zero-order valence-electron chi connectivity index (χ0n) is 14.3. The van der Waals surface area contributed by atoms with Crippen LogP contribution in [0.5, 0.6) is 0 Å². The average Bonchev–Trinajstić information content (AvgIpc) is 3.00. The van der Waals surface area contributed by atoms with E-state index in [1.807, 2.05) is 32.0 Å². The Labute approximate surface area is 143 Å².